The van der Waals surface area contributed by atoms with Gasteiger partial charge in [-0.25, -0.2) is 0 Å². The molecule has 1 aromatic carbocycles. The molecular formula is C71H85BrCl3N15O15S5. The van der Waals surface area contributed by atoms with Gasteiger partial charge in [-0.3, -0.25) is 97.4 Å². The maximum atomic E-state index is 12.8. The number of hydrogen-bond donors (Lipinski definition) is 10. The van der Waals surface area contributed by atoms with E-state index in [4.69, 9.17) is 34.8 Å². The first-order valence-corrected chi connectivity index (χ1v) is 42.6. The van der Waals surface area contributed by atoms with Gasteiger partial charge in [0.15, 0.2) is 28.9 Å². The molecule has 10 N–H and O–H groups in total. The highest BCUT2D eigenvalue weighted by atomic mass is 79.9. The molecule has 15 aliphatic rings. The van der Waals surface area contributed by atoms with E-state index in [1.165, 1.54) is 115 Å². The molecule has 15 heterocycles. The van der Waals surface area contributed by atoms with Crippen molar-refractivity contribution in [3.63, 3.8) is 0 Å². The predicted octanol–water partition coefficient (Wildman–Crippen LogP) is 1.63. The summed E-state index contributed by atoms with van der Waals surface area (Å²) >= 11 is 28.1. The summed E-state index contributed by atoms with van der Waals surface area (Å²) in [6, 6.07) is 7.85. The molecule has 5 saturated heterocycles. The van der Waals surface area contributed by atoms with Crippen molar-refractivity contribution in [3.05, 3.63) is 83.2 Å². The Morgan fingerprint density at radius 1 is 0.427 bits per heavy atom. The molecule has 5 amide bonds. The van der Waals surface area contributed by atoms with Crippen LogP contribution in [-0.4, -0.2) is 323 Å². The van der Waals surface area contributed by atoms with Crippen LogP contribution in [0.5, 0.6) is 0 Å². The second-order valence-corrected chi connectivity index (χ2v) is 37.1. The number of hydrogen-bond acceptors (Lipinski definition) is 30. The number of benzene rings is 1. The summed E-state index contributed by atoms with van der Waals surface area (Å²) in [4.78, 5) is 152. The van der Waals surface area contributed by atoms with Gasteiger partial charge in [-0.05, 0) is 110 Å². The van der Waals surface area contributed by atoms with Gasteiger partial charge in [0.1, 0.15) is 32.3 Å². The number of rotatable bonds is 21. The van der Waals surface area contributed by atoms with Crippen molar-refractivity contribution in [3.8, 4) is 0 Å². The van der Waals surface area contributed by atoms with Gasteiger partial charge < -0.3 is 52.1 Å². The van der Waals surface area contributed by atoms with Gasteiger partial charge in [-0.15, -0.1) is 35.3 Å². The lowest BCUT2D eigenvalue weighted by Gasteiger charge is -2.28. The smallest absolute Gasteiger partial charge is 0.244 e. The molecule has 1 aromatic rings. The van der Waals surface area contributed by atoms with Crippen molar-refractivity contribution in [2.24, 2.45) is 25.0 Å². The number of aliphatic imine (C=N–C) groups is 5. The van der Waals surface area contributed by atoms with Crippen molar-refractivity contribution in [2.45, 2.75) is 181 Å². The Bertz CT molecular complexity index is 3920. The second-order valence-electron chi connectivity index (χ2n) is 28.4. The lowest BCUT2D eigenvalue weighted by Crippen LogP contribution is -2.47. The molecule has 110 heavy (non-hydrogen) atoms. The van der Waals surface area contributed by atoms with Gasteiger partial charge in [-0.1, -0.05) is 94.7 Å². The van der Waals surface area contributed by atoms with E-state index in [9.17, 15) is 73.5 Å². The number of amides is 5. The number of Topliss-reactive ketones (excluding diaryl/α,β-unsaturated/α-hetero) is 5. The van der Waals surface area contributed by atoms with E-state index >= 15 is 0 Å². The van der Waals surface area contributed by atoms with Gasteiger partial charge >= 0.3 is 0 Å². The quantitative estimate of drug-likeness (QED) is 0.0836. The molecule has 5 fully saturated rings. The third-order valence-corrected chi connectivity index (χ3v) is 28.6. The molecule has 30 nitrogen and oxygen atoms in total. The molecule has 0 aromatic heterocycles. The van der Waals surface area contributed by atoms with E-state index < -0.39 is 41.8 Å². The third-order valence-electron chi connectivity index (χ3n) is 20.5. The average Bonchev–Trinajstić information content (AvgIpc) is 1.64. The van der Waals surface area contributed by atoms with Gasteiger partial charge in [0.25, 0.3) is 0 Å². The van der Waals surface area contributed by atoms with Crippen LogP contribution in [0, 0.1) is 0 Å². The van der Waals surface area contributed by atoms with Crippen LogP contribution >= 0.6 is 110 Å². The van der Waals surface area contributed by atoms with Crippen LogP contribution in [0.15, 0.2) is 103 Å². The zero-order valence-corrected chi connectivity index (χ0v) is 67.1. The van der Waals surface area contributed by atoms with E-state index in [0.717, 1.165) is 33.9 Å². The van der Waals surface area contributed by atoms with Crippen molar-refractivity contribution in [1.82, 2.24) is 51.1 Å². The zero-order chi connectivity index (χ0) is 78.0. The van der Waals surface area contributed by atoms with Crippen molar-refractivity contribution >= 4 is 205 Å². The normalized spacial score (nSPS) is 34.0. The van der Waals surface area contributed by atoms with Crippen LogP contribution in [0.1, 0.15) is 69.8 Å². The van der Waals surface area contributed by atoms with Crippen LogP contribution in [0.3, 0.4) is 0 Å². The van der Waals surface area contributed by atoms with E-state index in [0.29, 0.717) is 59.0 Å². The highest BCUT2D eigenvalue weighted by Crippen LogP contribution is 2.47. The number of nitrogens with one attached hydrogen (secondary N) is 5. The number of thioether (sulfide) groups is 5. The molecule has 20 atom stereocenters. The van der Waals surface area contributed by atoms with Crippen LogP contribution < -0.4 is 26.6 Å². The maximum Gasteiger partial charge on any atom is 0.244 e. The fraction of sp³-hybridized carbons (Fsp3) is 0.563. The molecule has 0 bridgehead atoms. The number of ketones is 5. The Kier molecular flexibility index (Phi) is 29.7. The Balaban J connectivity index is 0.000000128. The summed E-state index contributed by atoms with van der Waals surface area (Å²) in [6.07, 6.45) is 16.8. The van der Waals surface area contributed by atoms with E-state index in [1.807, 2.05) is 54.0 Å². The molecule has 15 aliphatic heterocycles. The van der Waals surface area contributed by atoms with Crippen molar-refractivity contribution in [2.75, 3.05) is 65.4 Å². The Labute approximate surface area is 679 Å². The standard InChI is InChI=1S/C19H21N3O3S.C13H16BrN3O3S.C13H15Cl2N3O3S.C13H16ClN3O3S.C13H17N3O3S/c23-13(8-14-16(24)6-7-20-14)10-22-11-21-15-9-17(26-18(15)19(22)25)12-4-2-1-3-5-12;14-11-4-9-12(21-11)13(20)17(6-16-9)5-7(18)3-8-10(19)1-2-15-8;14-9-10-11(22-12(9)15)13(21)18(5-17-10)4-6(19)3-7-8(20)1-2-16-7;14-11-4-9-12(21-11)13(20)17(6-16-9)5-7(18)3-8-10(19)1-2-15-8;17-8(5-10-11(18)1-3-14-10)6-16-7-15-9-2-4-20-12(9)13(16)19/h1-5,9,11,14-16,18,20,24H,6-8,10H2;4,6,8-10,12,15,19H,1-3,5H2;5,7-8,10-11,16,20H,1-4H2;4,6,8-10,12,15,19H,1-3,5H2;2,4,7,9-12,14,18H,1,3,5-6H2. The fourth-order valence-corrected chi connectivity index (χ4v) is 21.8. The molecule has 20 unspecified atom stereocenters. The van der Waals surface area contributed by atoms with Crippen LogP contribution in [-0.2, 0) is 47.9 Å². The average molecular weight is 1740 g/mol. The summed E-state index contributed by atoms with van der Waals surface area (Å²) in [6.45, 7) is 3.61. The number of carbonyl (C=O) groups is 10. The first kappa shape index (κ1) is 84.1. The van der Waals surface area contributed by atoms with E-state index in [-0.39, 0.29) is 199 Å². The zero-order valence-electron chi connectivity index (χ0n) is 59.2. The Morgan fingerprint density at radius 2 is 0.773 bits per heavy atom. The number of halogens is 4. The van der Waals surface area contributed by atoms with Crippen LogP contribution in [0.2, 0.25) is 0 Å². The van der Waals surface area contributed by atoms with Gasteiger partial charge in [0.2, 0.25) is 29.5 Å². The van der Waals surface area contributed by atoms with Crippen molar-refractivity contribution < 1.29 is 73.5 Å². The van der Waals surface area contributed by atoms with Crippen molar-refractivity contribution in [1.29, 1.82) is 0 Å². The summed E-state index contributed by atoms with van der Waals surface area (Å²) in [5.74, 6) is -0.983. The van der Waals surface area contributed by atoms with Gasteiger partial charge in [-0.2, -0.15) is 0 Å². The predicted molar refractivity (Wildman–Crippen MR) is 430 cm³/mol. The van der Waals surface area contributed by atoms with Gasteiger partial charge in [0, 0.05) is 71.0 Å². The fourth-order valence-electron chi connectivity index (χ4n) is 14.4. The minimum atomic E-state index is -0.508. The SMILES string of the molecule is O=C(CC1NCCC1O)CN1C=NC2C(Cl)=C(Cl)SC2C1=O.O=C(CC1NCCC1O)CN1C=NC2C=C(Br)SC2C1=O.O=C(CC1NCCC1O)CN1C=NC2C=C(Cl)SC2C1=O.O=C(CC1NCCC1O)CN1C=NC2C=C(c3ccccc3)SC2C1=O.O=C(CC1NCCC1O)CN1C=NC2C=CSC2C1=O. The minimum absolute atomic E-state index is 0.00533. The molecule has 39 heteroatoms. The van der Waals surface area contributed by atoms with E-state index in [2.05, 4.69) is 67.5 Å². The Morgan fingerprint density at radius 3 is 1.17 bits per heavy atom. The number of aliphatic hydroxyl groups excluding tert-OH is 5. The number of nitrogens with zero attached hydrogens (tertiary/aromatic N) is 10. The molecule has 0 spiro atoms. The number of carbonyl (C=O) groups excluding carboxylic acids is 10. The monoisotopic (exact) mass is 1730 g/mol. The maximum absolute atomic E-state index is 12.8. The number of aliphatic hydroxyl groups is 5. The summed E-state index contributed by atoms with van der Waals surface area (Å²) in [5, 5.41) is 64.8. The lowest BCUT2D eigenvalue weighted by atomic mass is 10.1. The molecule has 0 radical (unpaired) electrons. The highest BCUT2D eigenvalue weighted by Gasteiger charge is 2.47. The van der Waals surface area contributed by atoms with Crippen LogP contribution in [0.25, 0.3) is 4.91 Å². The minimum Gasteiger partial charge on any atom is -0.391 e. The van der Waals surface area contributed by atoms with E-state index in [1.54, 1.807) is 6.08 Å². The summed E-state index contributed by atoms with van der Waals surface area (Å²) in [5.41, 5.74) is 1.08. The molecule has 592 valence electrons. The highest BCUT2D eigenvalue weighted by molar-refractivity contribution is 9.14. The summed E-state index contributed by atoms with van der Waals surface area (Å²) in [7, 11) is 0. The lowest BCUT2D eigenvalue weighted by molar-refractivity contribution is -0.131. The second kappa shape index (κ2) is 38.9. The molecule has 0 aliphatic carbocycles. The largest absolute Gasteiger partial charge is 0.391 e. The molecular weight excluding hydrogens is 1650 g/mol. The number of fused-ring (bicyclic) bond motifs is 5. The molecule has 0 saturated carbocycles. The topological polar surface area (TPSA) is 410 Å². The van der Waals surface area contributed by atoms with Crippen LogP contribution in [0.4, 0.5) is 0 Å². The van der Waals surface area contributed by atoms with Gasteiger partial charge in [0.05, 0.1) is 133 Å². The first-order chi connectivity index (χ1) is 52.8. The Hall–Kier alpha value is -5.33. The molecule has 16 rings (SSSR count). The third kappa shape index (κ3) is 21.2. The summed E-state index contributed by atoms with van der Waals surface area (Å²) < 4.78 is 1.87. The first-order valence-electron chi connectivity index (χ1n) is 36.2.